The first-order valence-corrected chi connectivity index (χ1v) is 8.14. The monoisotopic (exact) mass is 263 g/mol. The lowest BCUT2D eigenvalue weighted by molar-refractivity contribution is 0.0572. The van der Waals surface area contributed by atoms with Gasteiger partial charge in [-0.1, -0.05) is 26.2 Å². The van der Waals surface area contributed by atoms with Crippen molar-refractivity contribution >= 4 is 0 Å². The molecule has 0 aromatic carbocycles. The second kappa shape index (κ2) is 7.26. The van der Waals surface area contributed by atoms with Crippen molar-refractivity contribution in [2.75, 3.05) is 26.2 Å². The molecule has 1 saturated heterocycles. The Morgan fingerprint density at radius 3 is 2.42 bits per heavy atom. The van der Waals surface area contributed by atoms with Crippen molar-refractivity contribution in [2.45, 2.75) is 64.5 Å². The maximum atomic E-state index is 9.41. The Morgan fingerprint density at radius 2 is 1.79 bits per heavy atom. The van der Waals surface area contributed by atoms with Crippen molar-refractivity contribution < 1.29 is 0 Å². The third kappa shape index (κ3) is 3.70. The normalized spacial score (nSPS) is 32.5. The quantitative estimate of drug-likeness (QED) is 0.734. The van der Waals surface area contributed by atoms with Crippen molar-refractivity contribution in [1.82, 2.24) is 9.80 Å². The van der Waals surface area contributed by atoms with Crippen LogP contribution in [0.15, 0.2) is 0 Å². The Kier molecular flexibility index (Phi) is 5.66. The molecule has 3 nitrogen and oxygen atoms in total. The lowest BCUT2D eigenvalue weighted by Gasteiger charge is -2.42. The van der Waals surface area contributed by atoms with Crippen molar-refractivity contribution in [3.05, 3.63) is 0 Å². The third-order valence-electron chi connectivity index (χ3n) is 5.18. The van der Waals surface area contributed by atoms with Crippen molar-refractivity contribution in [3.63, 3.8) is 0 Å². The average Bonchev–Trinajstić information content (AvgIpc) is 2.71. The summed E-state index contributed by atoms with van der Waals surface area (Å²) >= 11 is 0. The topological polar surface area (TPSA) is 30.3 Å². The molecule has 3 atom stereocenters. The lowest BCUT2D eigenvalue weighted by Crippen LogP contribution is -2.53. The fourth-order valence-corrected chi connectivity index (χ4v) is 3.64. The molecule has 1 saturated carbocycles. The van der Waals surface area contributed by atoms with Crippen molar-refractivity contribution in [2.24, 2.45) is 5.92 Å². The third-order valence-corrected chi connectivity index (χ3v) is 5.18. The molecule has 19 heavy (non-hydrogen) atoms. The van der Waals surface area contributed by atoms with Gasteiger partial charge in [0.15, 0.2) is 0 Å². The van der Waals surface area contributed by atoms with Gasteiger partial charge in [-0.2, -0.15) is 5.26 Å². The molecule has 0 bridgehead atoms. The molecular weight excluding hydrogens is 234 g/mol. The molecule has 1 heterocycles. The van der Waals surface area contributed by atoms with Crippen LogP contribution in [0, 0.1) is 17.2 Å². The lowest BCUT2D eigenvalue weighted by atomic mass is 9.94. The zero-order valence-electron chi connectivity index (χ0n) is 12.6. The summed E-state index contributed by atoms with van der Waals surface area (Å²) < 4.78 is 0. The molecule has 0 aromatic rings. The first-order valence-electron chi connectivity index (χ1n) is 8.14. The molecule has 1 aliphatic carbocycles. The van der Waals surface area contributed by atoms with E-state index in [1.54, 1.807) is 0 Å². The predicted octanol–water partition coefficient (Wildman–Crippen LogP) is 2.87. The average molecular weight is 263 g/mol. The van der Waals surface area contributed by atoms with Gasteiger partial charge in [0.25, 0.3) is 0 Å². The zero-order chi connectivity index (χ0) is 13.7. The Balaban J connectivity index is 1.90. The smallest absolute Gasteiger partial charge is 0.0672 e. The summed E-state index contributed by atoms with van der Waals surface area (Å²) in [5.41, 5.74) is 0. The van der Waals surface area contributed by atoms with Crippen LogP contribution in [-0.2, 0) is 0 Å². The number of rotatable bonds is 3. The van der Waals surface area contributed by atoms with Gasteiger partial charge in [0.1, 0.15) is 0 Å². The van der Waals surface area contributed by atoms with E-state index in [1.165, 1.54) is 45.2 Å². The minimum Gasteiger partial charge on any atom is -0.298 e. The van der Waals surface area contributed by atoms with E-state index >= 15 is 0 Å². The van der Waals surface area contributed by atoms with Crippen LogP contribution in [0.5, 0.6) is 0 Å². The van der Waals surface area contributed by atoms with Gasteiger partial charge in [-0.05, 0) is 26.2 Å². The van der Waals surface area contributed by atoms with Crippen LogP contribution in [0.1, 0.15) is 52.4 Å². The van der Waals surface area contributed by atoms with Gasteiger partial charge in [0.05, 0.1) is 12.0 Å². The van der Waals surface area contributed by atoms with Gasteiger partial charge in [-0.25, -0.2) is 0 Å². The second-order valence-corrected chi connectivity index (χ2v) is 6.27. The van der Waals surface area contributed by atoms with Crippen LogP contribution < -0.4 is 0 Å². The van der Waals surface area contributed by atoms with Gasteiger partial charge in [-0.3, -0.25) is 9.80 Å². The number of hydrogen-bond donors (Lipinski definition) is 0. The van der Waals surface area contributed by atoms with Gasteiger partial charge >= 0.3 is 0 Å². The maximum absolute atomic E-state index is 9.41. The first-order chi connectivity index (χ1) is 9.26. The van der Waals surface area contributed by atoms with Crippen LogP contribution in [-0.4, -0.2) is 48.1 Å². The fourth-order valence-electron chi connectivity index (χ4n) is 3.64. The summed E-state index contributed by atoms with van der Waals surface area (Å²) in [6, 6.07) is 3.83. The van der Waals surface area contributed by atoms with E-state index in [0.29, 0.717) is 12.1 Å². The van der Waals surface area contributed by atoms with Crippen LogP contribution in [0.4, 0.5) is 0 Å². The molecule has 2 fully saturated rings. The van der Waals surface area contributed by atoms with Crippen molar-refractivity contribution in [1.29, 1.82) is 5.26 Å². The molecule has 0 spiro atoms. The molecule has 2 rings (SSSR count). The molecule has 0 aromatic heterocycles. The molecule has 0 N–H and O–H groups in total. The van der Waals surface area contributed by atoms with Gasteiger partial charge in [0, 0.05) is 38.3 Å². The van der Waals surface area contributed by atoms with Crippen LogP contribution in [0.25, 0.3) is 0 Å². The van der Waals surface area contributed by atoms with Crippen LogP contribution in [0.2, 0.25) is 0 Å². The molecule has 3 unspecified atom stereocenters. The summed E-state index contributed by atoms with van der Waals surface area (Å²) in [7, 11) is 0. The first kappa shape index (κ1) is 14.8. The predicted molar refractivity (Wildman–Crippen MR) is 78.9 cm³/mol. The number of nitrogens with zero attached hydrogens (tertiary/aromatic N) is 3. The minimum absolute atomic E-state index is 0.276. The van der Waals surface area contributed by atoms with E-state index in [2.05, 4.69) is 29.7 Å². The summed E-state index contributed by atoms with van der Waals surface area (Å²) in [6.07, 6.45) is 7.48. The summed E-state index contributed by atoms with van der Waals surface area (Å²) in [6.45, 7) is 9.29. The van der Waals surface area contributed by atoms with E-state index in [4.69, 9.17) is 0 Å². The highest BCUT2D eigenvalue weighted by Gasteiger charge is 2.31. The summed E-state index contributed by atoms with van der Waals surface area (Å²) in [5, 5.41) is 9.41. The second-order valence-electron chi connectivity index (χ2n) is 6.27. The number of hydrogen-bond acceptors (Lipinski definition) is 3. The summed E-state index contributed by atoms with van der Waals surface area (Å²) in [4.78, 5) is 5.21. The van der Waals surface area contributed by atoms with E-state index < -0.39 is 0 Å². The molecular formula is C16H29N3. The minimum atomic E-state index is 0.276. The standard InChI is InChI=1S/C16H29N3/c1-3-14(2)18-9-11-19(12-10-18)16-8-6-4-5-7-15(16)13-17/h14-16H,3-12H2,1-2H3. The SMILES string of the molecule is CCC(C)N1CCN(C2CCCCCC2C#N)CC1. The van der Waals surface area contributed by atoms with E-state index in [-0.39, 0.29) is 5.92 Å². The van der Waals surface area contributed by atoms with Crippen LogP contribution >= 0.6 is 0 Å². The van der Waals surface area contributed by atoms with Gasteiger partial charge in [0.2, 0.25) is 0 Å². The highest BCUT2D eigenvalue weighted by atomic mass is 15.3. The van der Waals surface area contributed by atoms with E-state index in [1.807, 2.05) is 0 Å². The Labute approximate surface area is 118 Å². The Hall–Kier alpha value is -0.590. The number of piperazine rings is 1. The molecule has 1 aliphatic heterocycles. The number of nitriles is 1. The Morgan fingerprint density at radius 1 is 1.11 bits per heavy atom. The Bertz CT molecular complexity index is 302. The van der Waals surface area contributed by atoms with E-state index in [0.717, 1.165) is 19.5 Å². The molecule has 0 amide bonds. The van der Waals surface area contributed by atoms with Crippen molar-refractivity contribution in [3.8, 4) is 6.07 Å². The van der Waals surface area contributed by atoms with Crippen LogP contribution in [0.3, 0.4) is 0 Å². The van der Waals surface area contributed by atoms with Gasteiger partial charge < -0.3 is 0 Å². The highest BCUT2D eigenvalue weighted by Crippen LogP contribution is 2.28. The van der Waals surface area contributed by atoms with E-state index in [9.17, 15) is 5.26 Å². The largest absolute Gasteiger partial charge is 0.298 e. The molecule has 2 aliphatic rings. The zero-order valence-corrected chi connectivity index (χ0v) is 12.6. The summed E-state index contributed by atoms with van der Waals surface area (Å²) in [5.74, 6) is 0.276. The molecule has 3 heteroatoms. The molecule has 108 valence electrons. The highest BCUT2D eigenvalue weighted by molar-refractivity contribution is 4.96. The van der Waals surface area contributed by atoms with Gasteiger partial charge in [-0.15, -0.1) is 0 Å². The maximum Gasteiger partial charge on any atom is 0.0672 e. The molecule has 0 radical (unpaired) electrons. The fraction of sp³-hybridized carbons (Fsp3) is 0.938.